The second-order valence-electron chi connectivity index (χ2n) is 3.61. The lowest BCUT2D eigenvalue weighted by Gasteiger charge is -2.12. The molecule has 4 heteroatoms. The van der Waals surface area contributed by atoms with Crippen molar-refractivity contribution in [2.75, 3.05) is 12.4 Å². The molecule has 1 fully saturated rings. The third-order valence-electron chi connectivity index (χ3n) is 2.53. The van der Waals surface area contributed by atoms with Gasteiger partial charge in [-0.2, -0.15) is 0 Å². The Hall–Kier alpha value is -0.320. The van der Waals surface area contributed by atoms with Crippen molar-refractivity contribution >= 4 is 28.9 Å². The highest BCUT2D eigenvalue weighted by Crippen LogP contribution is 2.27. The summed E-state index contributed by atoms with van der Waals surface area (Å²) in [6.07, 6.45) is 1.37. The van der Waals surface area contributed by atoms with Crippen molar-refractivity contribution in [2.45, 2.75) is 24.7 Å². The summed E-state index contributed by atoms with van der Waals surface area (Å²) in [5.41, 5.74) is 0. The Bertz CT molecular complexity index is 321. The first kappa shape index (κ1) is 11.2. The van der Waals surface area contributed by atoms with Gasteiger partial charge in [0.25, 0.3) is 0 Å². The summed E-state index contributed by atoms with van der Waals surface area (Å²) in [6.45, 7) is 2.92. The number of hydrogen-bond donors (Lipinski definition) is 0. The summed E-state index contributed by atoms with van der Waals surface area (Å²) in [5.74, 6) is 0.827. The van der Waals surface area contributed by atoms with E-state index in [-0.39, 0.29) is 5.78 Å². The van der Waals surface area contributed by atoms with Gasteiger partial charge in [0.15, 0.2) is 5.78 Å². The maximum atomic E-state index is 11.7. The van der Waals surface area contributed by atoms with E-state index in [1.54, 1.807) is 11.8 Å². The van der Waals surface area contributed by atoms with Crippen LogP contribution in [0, 0.1) is 0 Å². The zero-order valence-electron chi connectivity index (χ0n) is 8.64. The summed E-state index contributed by atoms with van der Waals surface area (Å²) >= 11 is 3.25. The molecule has 15 heavy (non-hydrogen) atoms. The topological polar surface area (TPSA) is 26.3 Å². The van der Waals surface area contributed by atoms with Gasteiger partial charge in [0, 0.05) is 11.9 Å². The summed E-state index contributed by atoms with van der Waals surface area (Å²) in [7, 11) is 0. The quantitative estimate of drug-likeness (QED) is 0.759. The van der Waals surface area contributed by atoms with Crippen molar-refractivity contribution in [2.24, 2.45) is 0 Å². The number of rotatable bonds is 4. The SMILES string of the molecule is CC1OCCC1SCC(=O)c1cccs1. The molecule has 0 saturated carbocycles. The van der Waals surface area contributed by atoms with Gasteiger partial charge in [0.2, 0.25) is 0 Å². The third-order valence-corrected chi connectivity index (χ3v) is 4.92. The second-order valence-corrected chi connectivity index (χ2v) is 5.79. The number of Topliss-reactive ketones (excluding diaryl/α,β-unsaturated/α-hetero) is 1. The lowest BCUT2D eigenvalue weighted by atomic mass is 10.3. The van der Waals surface area contributed by atoms with E-state index in [2.05, 4.69) is 6.92 Å². The molecule has 0 aromatic carbocycles. The van der Waals surface area contributed by atoms with Crippen molar-refractivity contribution < 1.29 is 9.53 Å². The lowest BCUT2D eigenvalue weighted by molar-refractivity contribution is 0.102. The van der Waals surface area contributed by atoms with Crippen LogP contribution >= 0.6 is 23.1 Å². The Balaban J connectivity index is 1.81. The zero-order chi connectivity index (χ0) is 10.7. The summed E-state index contributed by atoms with van der Waals surface area (Å²) in [5, 5.41) is 2.44. The fourth-order valence-electron chi connectivity index (χ4n) is 1.62. The van der Waals surface area contributed by atoms with Crippen LogP contribution in [0.5, 0.6) is 0 Å². The van der Waals surface area contributed by atoms with Crippen molar-refractivity contribution in [1.82, 2.24) is 0 Å². The van der Waals surface area contributed by atoms with Gasteiger partial charge in [-0.3, -0.25) is 4.79 Å². The highest BCUT2D eigenvalue weighted by molar-refractivity contribution is 8.00. The molecule has 1 aliphatic heterocycles. The molecule has 1 aliphatic rings. The van der Waals surface area contributed by atoms with Gasteiger partial charge in [-0.25, -0.2) is 0 Å². The molecule has 2 nitrogen and oxygen atoms in total. The molecule has 2 heterocycles. The van der Waals surface area contributed by atoms with Crippen LogP contribution in [0.1, 0.15) is 23.0 Å². The molecular weight excluding hydrogens is 228 g/mol. The van der Waals surface area contributed by atoms with Crippen molar-refractivity contribution in [3.63, 3.8) is 0 Å². The second kappa shape index (κ2) is 5.14. The Kier molecular flexibility index (Phi) is 3.83. The van der Waals surface area contributed by atoms with Crippen LogP contribution < -0.4 is 0 Å². The van der Waals surface area contributed by atoms with Crippen molar-refractivity contribution in [1.29, 1.82) is 0 Å². The third kappa shape index (κ3) is 2.83. The van der Waals surface area contributed by atoms with E-state index < -0.39 is 0 Å². The first-order valence-electron chi connectivity index (χ1n) is 5.07. The maximum Gasteiger partial charge on any atom is 0.182 e. The van der Waals surface area contributed by atoms with E-state index in [0.717, 1.165) is 17.9 Å². The molecule has 0 radical (unpaired) electrons. The molecule has 2 atom stereocenters. The molecule has 2 rings (SSSR count). The number of carbonyl (C=O) groups is 1. The molecule has 1 aromatic heterocycles. The van der Waals surface area contributed by atoms with Gasteiger partial charge in [0.05, 0.1) is 16.7 Å². The number of thiophene rings is 1. The van der Waals surface area contributed by atoms with Crippen LogP contribution in [0.15, 0.2) is 17.5 Å². The molecule has 0 amide bonds. The monoisotopic (exact) mass is 242 g/mol. The Morgan fingerprint density at radius 1 is 1.73 bits per heavy atom. The molecule has 1 aromatic rings. The number of thioether (sulfide) groups is 1. The first-order chi connectivity index (χ1) is 7.27. The number of ketones is 1. The average molecular weight is 242 g/mol. The zero-order valence-corrected chi connectivity index (χ0v) is 10.3. The fraction of sp³-hybridized carbons (Fsp3) is 0.545. The minimum atomic E-state index is 0.245. The molecule has 0 aliphatic carbocycles. The predicted octanol–water partition coefficient (Wildman–Crippen LogP) is 2.84. The molecule has 0 bridgehead atoms. The normalized spacial score (nSPS) is 25.7. The highest BCUT2D eigenvalue weighted by atomic mass is 32.2. The molecule has 0 spiro atoms. The summed E-state index contributed by atoms with van der Waals surface area (Å²) in [4.78, 5) is 12.6. The molecule has 0 N–H and O–H groups in total. The van der Waals surface area contributed by atoms with Crippen LogP contribution in [-0.2, 0) is 4.74 Å². The molecule has 2 unspecified atom stereocenters. The van der Waals surface area contributed by atoms with E-state index in [9.17, 15) is 4.79 Å². The van der Waals surface area contributed by atoms with Gasteiger partial charge < -0.3 is 4.74 Å². The average Bonchev–Trinajstić information content (AvgIpc) is 2.85. The Morgan fingerprint density at radius 2 is 2.60 bits per heavy atom. The van der Waals surface area contributed by atoms with E-state index in [1.807, 2.05) is 17.5 Å². The van der Waals surface area contributed by atoms with Gasteiger partial charge in [-0.1, -0.05) is 6.07 Å². The van der Waals surface area contributed by atoms with Crippen molar-refractivity contribution in [3.05, 3.63) is 22.4 Å². The summed E-state index contributed by atoms with van der Waals surface area (Å²) < 4.78 is 5.46. The number of carbonyl (C=O) groups excluding carboxylic acids is 1. The van der Waals surface area contributed by atoms with E-state index in [4.69, 9.17) is 4.74 Å². The largest absolute Gasteiger partial charge is 0.377 e. The molecule has 1 saturated heterocycles. The standard InChI is InChI=1S/C11H14O2S2/c1-8-10(4-5-13-8)15-7-9(12)11-3-2-6-14-11/h2-3,6,8,10H,4-5,7H2,1H3. The number of ether oxygens (including phenoxy) is 1. The maximum absolute atomic E-state index is 11.7. The van der Waals surface area contributed by atoms with E-state index in [1.165, 1.54) is 11.3 Å². The van der Waals surface area contributed by atoms with Gasteiger partial charge >= 0.3 is 0 Å². The van der Waals surface area contributed by atoms with E-state index in [0.29, 0.717) is 17.1 Å². The Morgan fingerprint density at radius 3 is 3.20 bits per heavy atom. The minimum absolute atomic E-state index is 0.245. The van der Waals surface area contributed by atoms with Gasteiger partial charge in [0.1, 0.15) is 0 Å². The van der Waals surface area contributed by atoms with Crippen LogP contribution in [0.4, 0.5) is 0 Å². The highest BCUT2D eigenvalue weighted by Gasteiger charge is 2.25. The van der Waals surface area contributed by atoms with Crippen LogP contribution in [0.2, 0.25) is 0 Å². The van der Waals surface area contributed by atoms with Crippen LogP contribution in [-0.4, -0.2) is 29.5 Å². The Labute approximate surface area is 98.0 Å². The first-order valence-corrected chi connectivity index (χ1v) is 7.00. The molecular formula is C11H14O2S2. The van der Waals surface area contributed by atoms with Crippen LogP contribution in [0.25, 0.3) is 0 Å². The van der Waals surface area contributed by atoms with Crippen molar-refractivity contribution in [3.8, 4) is 0 Å². The molecule has 82 valence electrons. The minimum Gasteiger partial charge on any atom is -0.377 e. The summed E-state index contributed by atoms with van der Waals surface area (Å²) in [6, 6.07) is 3.81. The van der Waals surface area contributed by atoms with Gasteiger partial charge in [-0.15, -0.1) is 23.1 Å². The van der Waals surface area contributed by atoms with Gasteiger partial charge in [-0.05, 0) is 24.8 Å². The van der Waals surface area contributed by atoms with Crippen LogP contribution in [0.3, 0.4) is 0 Å². The predicted molar refractivity (Wildman–Crippen MR) is 64.9 cm³/mol. The lowest BCUT2D eigenvalue weighted by Crippen LogP contribution is -2.15. The van der Waals surface area contributed by atoms with E-state index >= 15 is 0 Å². The smallest absolute Gasteiger partial charge is 0.182 e. The fourth-order valence-corrected chi connectivity index (χ4v) is 3.51. The number of hydrogen-bond acceptors (Lipinski definition) is 4.